The van der Waals surface area contributed by atoms with Gasteiger partial charge in [0, 0.05) is 22.5 Å². The van der Waals surface area contributed by atoms with E-state index in [9.17, 15) is 4.79 Å². The Hall–Kier alpha value is -1.77. The van der Waals surface area contributed by atoms with Crippen molar-refractivity contribution in [2.24, 2.45) is 5.92 Å². The number of benzene rings is 2. The molecule has 0 aliphatic rings. The van der Waals surface area contributed by atoms with Crippen LogP contribution in [0.4, 0.5) is 0 Å². The Kier molecular flexibility index (Phi) is 7.74. The number of carbonyl (C=O) groups excluding carboxylic acids is 1. The summed E-state index contributed by atoms with van der Waals surface area (Å²) >= 11 is 11.9. The number of amides is 1. The van der Waals surface area contributed by atoms with E-state index in [4.69, 9.17) is 23.2 Å². The van der Waals surface area contributed by atoms with E-state index in [1.54, 1.807) is 0 Å². The van der Waals surface area contributed by atoms with Crippen LogP contribution in [0.1, 0.15) is 37.3 Å². The van der Waals surface area contributed by atoms with E-state index >= 15 is 0 Å². The Labute approximate surface area is 166 Å². The fraction of sp³-hybridized carbons (Fsp3) is 0.318. The number of rotatable bonds is 8. The van der Waals surface area contributed by atoms with E-state index in [1.807, 2.05) is 55.5 Å². The van der Waals surface area contributed by atoms with Crippen molar-refractivity contribution in [1.82, 2.24) is 5.32 Å². The van der Waals surface area contributed by atoms with E-state index < -0.39 is 0 Å². The van der Waals surface area contributed by atoms with Gasteiger partial charge in [-0.05, 0) is 61.1 Å². The quantitative estimate of drug-likeness (QED) is 0.547. The zero-order chi connectivity index (χ0) is 19.1. The summed E-state index contributed by atoms with van der Waals surface area (Å²) in [6, 6.07) is 15.4. The van der Waals surface area contributed by atoms with Crippen molar-refractivity contribution in [1.29, 1.82) is 0 Å². The third-order valence-corrected chi connectivity index (χ3v) is 5.03. The first-order valence-electron chi connectivity index (χ1n) is 8.79. The van der Waals surface area contributed by atoms with Crippen LogP contribution in [0.2, 0.25) is 10.0 Å². The molecule has 0 saturated carbocycles. The maximum atomic E-state index is 12.8. The van der Waals surface area contributed by atoms with Crippen LogP contribution in [0.15, 0.2) is 60.7 Å². The molecule has 0 saturated heterocycles. The molecule has 4 heteroatoms. The number of hydrogen-bond acceptors (Lipinski definition) is 1. The lowest BCUT2D eigenvalue weighted by Crippen LogP contribution is -2.35. The summed E-state index contributed by atoms with van der Waals surface area (Å²) in [6.07, 6.45) is 1.44. The topological polar surface area (TPSA) is 29.1 Å². The summed E-state index contributed by atoms with van der Waals surface area (Å²) in [5.74, 6) is -0.0113. The molecule has 0 aliphatic heterocycles. The molecule has 1 N–H and O–H groups in total. The third kappa shape index (κ3) is 6.19. The maximum Gasteiger partial charge on any atom is 0.224 e. The largest absolute Gasteiger partial charge is 0.356 e. The molecule has 26 heavy (non-hydrogen) atoms. The highest BCUT2D eigenvalue weighted by Gasteiger charge is 2.26. The molecule has 0 bridgehead atoms. The van der Waals surface area contributed by atoms with Crippen molar-refractivity contribution in [3.63, 3.8) is 0 Å². The van der Waals surface area contributed by atoms with Gasteiger partial charge in [0.25, 0.3) is 0 Å². The summed E-state index contributed by atoms with van der Waals surface area (Å²) in [5.41, 5.74) is 3.26. The molecule has 2 atom stereocenters. The number of nitrogens with one attached hydrogen (secondary N) is 1. The van der Waals surface area contributed by atoms with Gasteiger partial charge in [-0.25, -0.2) is 0 Å². The highest BCUT2D eigenvalue weighted by Crippen LogP contribution is 2.30. The monoisotopic (exact) mass is 389 g/mol. The van der Waals surface area contributed by atoms with E-state index in [-0.39, 0.29) is 17.7 Å². The SMILES string of the molecule is C=C(C)C[C@@H](C(=O)NCCc1ccc(Cl)cc1)[C@@H](C)c1ccc(Cl)cc1. The van der Waals surface area contributed by atoms with Crippen molar-refractivity contribution >= 4 is 29.1 Å². The number of carbonyl (C=O) groups is 1. The zero-order valence-electron chi connectivity index (χ0n) is 15.3. The molecular weight excluding hydrogens is 365 g/mol. The minimum Gasteiger partial charge on any atom is -0.356 e. The minimum atomic E-state index is -0.154. The lowest BCUT2D eigenvalue weighted by atomic mass is 9.83. The van der Waals surface area contributed by atoms with Crippen LogP contribution in [0.5, 0.6) is 0 Å². The summed E-state index contributed by atoms with van der Waals surface area (Å²) in [5, 5.41) is 4.49. The average Bonchev–Trinajstić information content (AvgIpc) is 2.61. The van der Waals surface area contributed by atoms with Gasteiger partial charge in [0.15, 0.2) is 0 Å². The molecule has 1 amide bonds. The second-order valence-corrected chi connectivity index (χ2v) is 7.65. The Morgan fingerprint density at radius 3 is 2.12 bits per heavy atom. The number of halogens is 2. The molecule has 0 fully saturated rings. The second kappa shape index (κ2) is 9.80. The molecule has 0 spiro atoms. The second-order valence-electron chi connectivity index (χ2n) is 6.78. The first kappa shape index (κ1) is 20.5. The lowest BCUT2D eigenvalue weighted by Gasteiger charge is -2.24. The zero-order valence-corrected chi connectivity index (χ0v) is 16.8. The molecular formula is C22H25Cl2NO. The lowest BCUT2D eigenvalue weighted by molar-refractivity contribution is -0.125. The third-order valence-electron chi connectivity index (χ3n) is 4.53. The molecule has 0 unspecified atom stereocenters. The van der Waals surface area contributed by atoms with Gasteiger partial charge in [-0.3, -0.25) is 4.79 Å². The van der Waals surface area contributed by atoms with Crippen LogP contribution in [-0.2, 0) is 11.2 Å². The summed E-state index contributed by atoms with van der Waals surface area (Å²) in [4.78, 5) is 12.8. The van der Waals surface area contributed by atoms with Crippen molar-refractivity contribution in [3.8, 4) is 0 Å². The Bertz CT molecular complexity index is 738. The molecule has 2 rings (SSSR count). The van der Waals surface area contributed by atoms with Gasteiger partial charge in [-0.2, -0.15) is 0 Å². The standard InChI is InChI=1S/C22H25Cl2NO/c1-15(2)14-21(16(3)18-6-10-20(24)11-7-18)22(26)25-13-12-17-4-8-19(23)9-5-17/h4-11,16,21H,1,12-14H2,2-3H3,(H,25,26)/t16-,21+/m0/s1. The fourth-order valence-electron chi connectivity index (χ4n) is 2.98. The molecule has 0 heterocycles. The van der Waals surface area contributed by atoms with Gasteiger partial charge in [0.1, 0.15) is 0 Å². The van der Waals surface area contributed by atoms with Crippen LogP contribution < -0.4 is 5.32 Å². The van der Waals surface area contributed by atoms with Crippen molar-refractivity contribution < 1.29 is 4.79 Å². The van der Waals surface area contributed by atoms with Gasteiger partial charge in [0.2, 0.25) is 5.91 Å². The molecule has 0 radical (unpaired) electrons. The molecule has 2 nitrogen and oxygen atoms in total. The van der Waals surface area contributed by atoms with Crippen LogP contribution >= 0.6 is 23.2 Å². The van der Waals surface area contributed by atoms with Crippen LogP contribution in [0, 0.1) is 5.92 Å². The van der Waals surface area contributed by atoms with Crippen molar-refractivity contribution in [2.45, 2.75) is 32.6 Å². The van der Waals surface area contributed by atoms with Gasteiger partial charge < -0.3 is 5.32 Å². The normalized spacial score (nSPS) is 13.1. The predicted octanol–water partition coefficient (Wildman–Crippen LogP) is 6.04. The van der Waals surface area contributed by atoms with Gasteiger partial charge in [-0.1, -0.05) is 60.0 Å². The van der Waals surface area contributed by atoms with Gasteiger partial charge in [-0.15, -0.1) is 6.58 Å². The minimum absolute atomic E-state index is 0.0596. The molecule has 2 aromatic carbocycles. The average molecular weight is 390 g/mol. The smallest absolute Gasteiger partial charge is 0.224 e. The van der Waals surface area contributed by atoms with E-state index in [2.05, 4.69) is 18.8 Å². The number of allylic oxidation sites excluding steroid dienone is 1. The fourth-order valence-corrected chi connectivity index (χ4v) is 3.23. The molecule has 2 aromatic rings. The van der Waals surface area contributed by atoms with Gasteiger partial charge >= 0.3 is 0 Å². The summed E-state index contributed by atoms with van der Waals surface area (Å²) < 4.78 is 0. The Morgan fingerprint density at radius 1 is 1.04 bits per heavy atom. The Balaban J connectivity index is 2.00. The Morgan fingerprint density at radius 2 is 1.58 bits per heavy atom. The maximum absolute atomic E-state index is 12.8. The molecule has 0 aromatic heterocycles. The first-order valence-corrected chi connectivity index (χ1v) is 9.54. The van der Waals surface area contributed by atoms with E-state index in [0.29, 0.717) is 18.0 Å². The predicted molar refractivity (Wildman–Crippen MR) is 111 cm³/mol. The first-order chi connectivity index (χ1) is 12.4. The number of hydrogen-bond donors (Lipinski definition) is 1. The van der Waals surface area contributed by atoms with Crippen LogP contribution in [-0.4, -0.2) is 12.5 Å². The summed E-state index contributed by atoms with van der Waals surface area (Å²) in [7, 11) is 0. The van der Waals surface area contributed by atoms with Crippen LogP contribution in [0.25, 0.3) is 0 Å². The van der Waals surface area contributed by atoms with Gasteiger partial charge in [0.05, 0.1) is 0 Å². The van der Waals surface area contributed by atoms with Crippen molar-refractivity contribution in [2.75, 3.05) is 6.54 Å². The highest BCUT2D eigenvalue weighted by molar-refractivity contribution is 6.30. The van der Waals surface area contributed by atoms with Crippen molar-refractivity contribution in [3.05, 3.63) is 81.9 Å². The molecule has 138 valence electrons. The van der Waals surface area contributed by atoms with E-state index in [1.165, 1.54) is 0 Å². The van der Waals surface area contributed by atoms with E-state index in [0.717, 1.165) is 28.1 Å². The summed E-state index contributed by atoms with van der Waals surface area (Å²) in [6.45, 7) is 8.63. The van der Waals surface area contributed by atoms with Crippen LogP contribution in [0.3, 0.4) is 0 Å². The highest BCUT2D eigenvalue weighted by atomic mass is 35.5. The molecule has 0 aliphatic carbocycles.